The van der Waals surface area contributed by atoms with E-state index in [0.717, 1.165) is 36.4 Å². The fourth-order valence-electron chi connectivity index (χ4n) is 4.08. The molecule has 2 nitrogen and oxygen atoms in total. The lowest BCUT2D eigenvalue weighted by Gasteiger charge is -2.06. The summed E-state index contributed by atoms with van der Waals surface area (Å²) < 4.78 is 5.87. The maximum Gasteiger partial charge on any atom is 0.119 e. The minimum absolute atomic E-state index is 0.803. The lowest BCUT2D eigenvalue weighted by molar-refractivity contribution is 0.304. The highest BCUT2D eigenvalue weighted by Gasteiger charge is 2.17. The van der Waals surface area contributed by atoms with Crippen molar-refractivity contribution < 1.29 is 4.74 Å². The number of unbranched alkanes of at least 4 members (excludes halogenated alkanes) is 5. The predicted molar refractivity (Wildman–Crippen MR) is 127 cm³/mol. The van der Waals surface area contributed by atoms with Crippen LogP contribution in [0.2, 0.25) is 0 Å². The summed E-state index contributed by atoms with van der Waals surface area (Å²) in [5.41, 5.74) is 7.57. The number of ether oxygens (including phenoxy) is 1. The summed E-state index contributed by atoms with van der Waals surface area (Å²) >= 11 is 0. The van der Waals surface area contributed by atoms with Crippen molar-refractivity contribution in [2.24, 2.45) is 4.99 Å². The smallest absolute Gasteiger partial charge is 0.119 e. The van der Waals surface area contributed by atoms with Crippen LogP contribution < -0.4 is 4.74 Å². The zero-order valence-electron chi connectivity index (χ0n) is 17.9. The van der Waals surface area contributed by atoms with Gasteiger partial charge in [-0.25, -0.2) is 0 Å². The van der Waals surface area contributed by atoms with Crippen molar-refractivity contribution in [2.75, 3.05) is 6.61 Å². The molecule has 0 saturated heterocycles. The molecule has 3 aromatic rings. The summed E-state index contributed by atoms with van der Waals surface area (Å²) in [5.74, 6) is 0.941. The molecule has 30 heavy (non-hydrogen) atoms. The van der Waals surface area contributed by atoms with Crippen molar-refractivity contribution in [1.29, 1.82) is 0 Å². The average Bonchev–Trinajstić information content (AvgIpc) is 3.16. The van der Waals surface area contributed by atoms with Crippen LogP contribution in [0.1, 0.15) is 62.1 Å². The maximum absolute atomic E-state index is 5.87. The molecule has 3 aromatic carbocycles. The van der Waals surface area contributed by atoms with Gasteiger partial charge < -0.3 is 4.74 Å². The summed E-state index contributed by atoms with van der Waals surface area (Å²) in [4.78, 5) is 4.69. The van der Waals surface area contributed by atoms with Gasteiger partial charge in [-0.2, -0.15) is 0 Å². The van der Waals surface area contributed by atoms with Gasteiger partial charge in [-0.3, -0.25) is 4.99 Å². The standard InChI is InChI=1S/C28H31NO/c1-2-3-4-5-6-9-18-30-26-15-12-22(13-16-26)21-29-25-14-17-28-24(20-25)19-23-10-7-8-11-27(23)28/h7-8,10-17,20-21H,2-6,9,18-19H2,1H3. The number of hydrogen-bond acceptors (Lipinski definition) is 2. The van der Waals surface area contributed by atoms with E-state index in [1.165, 1.54) is 54.4 Å². The van der Waals surface area contributed by atoms with Gasteiger partial charge in [0, 0.05) is 6.21 Å². The second kappa shape index (κ2) is 10.2. The number of benzene rings is 3. The van der Waals surface area contributed by atoms with E-state index in [4.69, 9.17) is 9.73 Å². The monoisotopic (exact) mass is 397 g/mol. The number of rotatable bonds is 10. The largest absolute Gasteiger partial charge is 0.494 e. The first-order chi connectivity index (χ1) is 14.8. The van der Waals surface area contributed by atoms with E-state index in [0.29, 0.717) is 0 Å². The molecule has 0 fully saturated rings. The van der Waals surface area contributed by atoms with Crippen LogP contribution in [0.5, 0.6) is 5.75 Å². The molecule has 4 rings (SSSR count). The zero-order valence-corrected chi connectivity index (χ0v) is 17.9. The van der Waals surface area contributed by atoms with Crippen LogP contribution in [-0.4, -0.2) is 12.8 Å². The first-order valence-corrected chi connectivity index (χ1v) is 11.3. The summed E-state index contributed by atoms with van der Waals surface area (Å²) in [7, 11) is 0. The van der Waals surface area contributed by atoms with Gasteiger partial charge in [-0.15, -0.1) is 0 Å². The quantitative estimate of drug-likeness (QED) is 0.198. The van der Waals surface area contributed by atoms with Gasteiger partial charge in [0.25, 0.3) is 0 Å². The van der Waals surface area contributed by atoms with Crippen molar-refractivity contribution >= 4 is 11.9 Å². The Morgan fingerprint density at radius 1 is 0.800 bits per heavy atom. The van der Waals surface area contributed by atoms with Crippen LogP contribution in [0.3, 0.4) is 0 Å². The maximum atomic E-state index is 5.87. The zero-order chi connectivity index (χ0) is 20.6. The van der Waals surface area contributed by atoms with E-state index in [9.17, 15) is 0 Å². The molecular weight excluding hydrogens is 366 g/mol. The molecule has 0 radical (unpaired) electrons. The fraction of sp³-hybridized carbons (Fsp3) is 0.321. The summed E-state index contributed by atoms with van der Waals surface area (Å²) in [6.07, 6.45) is 10.6. The van der Waals surface area contributed by atoms with Crippen molar-refractivity contribution in [2.45, 2.75) is 51.9 Å². The second-order valence-electron chi connectivity index (χ2n) is 8.12. The van der Waals surface area contributed by atoms with Crippen LogP contribution >= 0.6 is 0 Å². The normalized spacial score (nSPS) is 12.2. The molecule has 0 atom stereocenters. The van der Waals surface area contributed by atoms with Gasteiger partial charge in [0.05, 0.1) is 12.3 Å². The van der Waals surface area contributed by atoms with E-state index in [-0.39, 0.29) is 0 Å². The van der Waals surface area contributed by atoms with E-state index in [1.807, 2.05) is 18.3 Å². The molecule has 1 aliphatic rings. The number of hydrogen-bond donors (Lipinski definition) is 0. The lowest BCUT2D eigenvalue weighted by atomic mass is 10.1. The van der Waals surface area contributed by atoms with Gasteiger partial charge in [-0.1, -0.05) is 69.4 Å². The minimum Gasteiger partial charge on any atom is -0.494 e. The molecule has 0 saturated carbocycles. The number of nitrogens with zero attached hydrogens (tertiary/aromatic N) is 1. The second-order valence-corrected chi connectivity index (χ2v) is 8.12. The Balaban J connectivity index is 1.28. The van der Waals surface area contributed by atoms with Crippen molar-refractivity contribution in [3.8, 4) is 16.9 Å². The van der Waals surface area contributed by atoms with Crippen molar-refractivity contribution in [3.05, 3.63) is 83.4 Å². The molecule has 0 heterocycles. The Hall–Kier alpha value is -2.87. The molecule has 0 amide bonds. The van der Waals surface area contributed by atoms with E-state index >= 15 is 0 Å². The van der Waals surface area contributed by atoms with Crippen LogP contribution in [0.4, 0.5) is 5.69 Å². The first kappa shape index (κ1) is 20.4. The predicted octanol–water partition coefficient (Wildman–Crippen LogP) is 7.75. The third kappa shape index (κ3) is 5.18. The van der Waals surface area contributed by atoms with Gasteiger partial charge in [0.2, 0.25) is 0 Å². The Bertz CT molecular complexity index is 988. The van der Waals surface area contributed by atoms with Crippen molar-refractivity contribution in [1.82, 2.24) is 0 Å². The van der Waals surface area contributed by atoms with E-state index in [2.05, 4.69) is 61.5 Å². The minimum atomic E-state index is 0.803. The average molecular weight is 398 g/mol. The highest BCUT2D eigenvalue weighted by atomic mass is 16.5. The lowest BCUT2D eigenvalue weighted by Crippen LogP contribution is -1.97. The first-order valence-electron chi connectivity index (χ1n) is 11.3. The SMILES string of the molecule is CCCCCCCCOc1ccc(C=Nc2ccc3c(c2)Cc2ccccc2-3)cc1. The van der Waals surface area contributed by atoms with Gasteiger partial charge in [0.1, 0.15) is 5.75 Å². The summed E-state index contributed by atoms with van der Waals surface area (Å²) in [6, 6.07) is 23.4. The molecule has 0 unspecified atom stereocenters. The topological polar surface area (TPSA) is 21.6 Å². The van der Waals surface area contributed by atoms with E-state index in [1.54, 1.807) is 0 Å². The van der Waals surface area contributed by atoms with Gasteiger partial charge in [0.15, 0.2) is 0 Å². The highest BCUT2D eigenvalue weighted by Crippen LogP contribution is 2.38. The summed E-state index contributed by atoms with van der Waals surface area (Å²) in [6.45, 7) is 3.06. The Kier molecular flexibility index (Phi) is 6.97. The third-order valence-electron chi connectivity index (χ3n) is 5.79. The Labute approximate surface area is 180 Å². The van der Waals surface area contributed by atoms with E-state index < -0.39 is 0 Å². The molecule has 0 bridgehead atoms. The Morgan fingerprint density at radius 3 is 2.43 bits per heavy atom. The molecule has 0 N–H and O–H groups in total. The molecule has 0 spiro atoms. The Morgan fingerprint density at radius 2 is 1.57 bits per heavy atom. The van der Waals surface area contributed by atoms with Gasteiger partial charge in [-0.05, 0) is 77.1 Å². The van der Waals surface area contributed by atoms with Crippen LogP contribution in [0.25, 0.3) is 11.1 Å². The fourth-order valence-corrected chi connectivity index (χ4v) is 4.08. The molecule has 154 valence electrons. The van der Waals surface area contributed by atoms with Crippen LogP contribution in [-0.2, 0) is 6.42 Å². The molecule has 1 aliphatic carbocycles. The van der Waals surface area contributed by atoms with Crippen LogP contribution in [0.15, 0.2) is 71.7 Å². The van der Waals surface area contributed by atoms with Crippen molar-refractivity contribution in [3.63, 3.8) is 0 Å². The molecular formula is C28H31NO. The highest BCUT2D eigenvalue weighted by molar-refractivity contribution is 5.83. The van der Waals surface area contributed by atoms with Gasteiger partial charge >= 0.3 is 0 Å². The molecule has 0 aromatic heterocycles. The molecule has 2 heteroatoms. The third-order valence-corrected chi connectivity index (χ3v) is 5.79. The van der Waals surface area contributed by atoms with Crippen LogP contribution in [0, 0.1) is 0 Å². The molecule has 0 aliphatic heterocycles. The number of aliphatic imine (C=N–C) groups is 1. The number of fused-ring (bicyclic) bond motifs is 3. The summed E-state index contributed by atoms with van der Waals surface area (Å²) in [5, 5.41) is 0.